The van der Waals surface area contributed by atoms with Gasteiger partial charge < -0.3 is 9.84 Å². The van der Waals surface area contributed by atoms with Crippen LogP contribution in [0.1, 0.15) is 44.6 Å². The molecular formula is C17H22O2. The first-order chi connectivity index (χ1) is 9.07. The Balaban J connectivity index is 1.79. The van der Waals surface area contributed by atoms with Gasteiger partial charge >= 0.3 is 0 Å². The first-order valence-corrected chi connectivity index (χ1v) is 7.53. The van der Waals surface area contributed by atoms with Crippen molar-refractivity contribution in [1.82, 2.24) is 0 Å². The summed E-state index contributed by atoms with van der Waals surface area (Å²) in [6.45, 7) is 1.87. The molecule has 1 aromatic carbocycles. The van der Waals surface area contributed by atoms with Crippen molar-refractivity contribution in [2.24, 2.45) is 11.8 Å². The van der Waals surface area contributed by atoms with Crippen LogP contribution in [0.25, 0.3) is 0 Å². The molecule has 2 aliphatic carbocycles. The van der Waals surface area contributed by atoms with Gasteiger partial charge in [0.15, 0.2) is 5.79 Å². The summed E-state index contributed by atoms with van der Waals surface area (Å²) >= 11 is 0. The van der Waals surface area contributed by atoms with Crippen molar-refractivity contribution in [3.05, 3.63) is 35.9 Å². The normalized spacial score (nSPS) is 48.2. The second kappa shape index (κ2) is 3.83. The molecule has 19 heavy (non-hydrogen) atoms. The lowest BCUT2D eigenvalue weighted by Crippen LogP contribution is -2.44. The summed E-state index contributed by atoms with van der Waals surface area (Å²) in [5.74, 6) is 0.0988. The van der Waals surface area contributed by atoms with E-state index in [1.165, 1.54) is 12.0 Å². The third-order valence-corrected chi connectivity index (χ3v) is 5.70. The Kier molecular flexibility index (Phi) is 2.40. The van der Waals surface area contributed by atoms with Gasteiger partial charge in [-0.2, -0.15) is 0 Å². The third-order valence-electron chi connectivity index (χ3n) is 5.70. The zero-order chi connectivity index (χ0) is 13.1. The van der Waals surface area contributed by atoms with Crippen LogP contribution in [0.15, 0.2) is 30.3 Å². The minimum Gasteiger partial charge on any atom is -0.365 e. The predicted molar refractivity (Wildman–Crippen MR) is 73.7 cm³/mol. The highest BCUT2D eigenvalue weighted by atomic mass is 16.6. The van der Waals surface area contributed by atoms with Crippen molar-refractivity contribution < 1.29 is 9.84 Å². The molecule has 5 rings (SSSR count). The molecule has 2 aliphatic heterocycles. The van der Waals surface area contributed by atoms with Gasteiger partial charge in [-0.25, -0.2) is 0 Å². The van der Waals surface area contributed by atoms with Crippen LogP contribution in [0.2, 0.25) is 0 Å². The molecule has 2 heteroatoms. The second-order valence-electron chi connectivity index (χ2n) is 7.09. The Labute approximate surface area is 114 Å². The van der Waals surface area contributed by atoms with Gasteiger partial charge in [0.2, 0.25) is 0 Å². The number of benzene rings is 1. The fourth-order valence-electron chi connectivity index (χ4n) is 4.99. The highest BCUT2D eigenvalue weighted by Gasteiger charge is 2.55. The molecule has 1 aromatic rings. The van der Waals surface area contributed by atoms with Gasteiger partial charge in [0.25, 0.3) is 0 Å². The Hall–Kier alpha value is -0.860. The molecule has 4 bridgehead atoms. The lowest BCUT2D eigenvalue weighted by molar-refractivity contribution is -0.235. The summed E-state index contributed by atoms with van der Waals surface area (Å²) in [6.07, 6.45) is 5.96. The predicted octanol–water partition coefficient (Wildman–Crippen LogP) is 3.24. The molecule has 4 fully saturated rings. The molecule has 0 aromatic heterocycles. The number of ether oxygens (including phenoxy) is 1. The molecule has 1 N–H and O–H groups in total. The van der Waals surface area contributed by atoms with E-state index in [4.69, 9.17) is 4.74 Å². The van der Waals surface area contributed by atoms with Gasteiger partial charge in [0.1, 0.15) is 0 Å². The van der Waals surface area contributed by atoms with E-state index in [1.54, 1.807) is 0 Å². The molecule has 0 radical (unpaired) electrons. The molecule has 2 saturated heterocycles. The number of fused-ring (bicyclic) bond motifs is 1. The summed E-state index contributed by atoms with van der Waals surface area (Å²) < 4.78 is 6.03. The van der Waals surface area contributed by atoms with Crippen LogP contribution in [-0.2, 0) is 10.2 Å². The van der Waals surface area contributed by atoms with Gasteiger partial charge in [0.05, 0.1) is 6.10 Å². The summed E-state index contributed by atoms with van der Waals surface area (Å²) in [4.78, 5) is 0. The minimum absolute atomic E-state index is 0.237. The van der Waals surface area contributed by atoms with E-state index < -0.39 is 5.79 Å². The first kappa shape index (κ1) is 11.9. The van der Waals surface area contributed by atoms with Crippen LogP contribution >= 0.6 is 0 Å². The SMILES string of the molecule is CC1(O)OC2CC3CC1CC(c1ccccc1)(C3)C2. The molecule has 102 valence electrons. The van der Waals surface area contributed by atoms with E-state index >= 15 is 0 Å². The van der Waals surface area contributed by atoms with Crippen molar-refractivity contribution in [3.63, 3.8) is 0 Å². The largest absolute Gasteiger partial charge is 0.365 e. The summed E-state index contributed by atoms with van der Waals surface area (Å²) in [7, 11) is 0. The summed E-state index contributed by atoms with van der Waals surface area (Å²) in [5.41, 5.74) is 1.70. The van der Waals surface area contributed by atoms with Crippen LogP contribution in [0.5, 0.6) is 0 Å². The third kappa shape index (κ3) is 1.77. The zero-order valence-electron chi connectivity index (χ0n) is 11.5. The fraction of sp³-hybridized carbons (Fsp3) is 0.647. The van der Waals surface area contributed by atoms with Gasteiger partial charge in [-0.05, 0) is 55.9 Å². The van der Waals surface area contributed by atoms with E-state index in [-0.39, 0.29) is 11.5 Å². The smallest absolute Gasteiger partial charge is 0.165 e. The maximum Gasteiger partial charge on any atom is 0.165 e. The Morgan fingerprint density at radius 2 is 1.89 bits per heavy atom. The van der Waals surface area contributed by atoms with Crippen LogP contribution < -0.4 is 0 Å². The first-order valence-electron chi connectivity index (χ1n) is 7.53. The fourth-order valence-corrected chi connectivity index (χ4v) is 4.99. The minimum atomic E-state index is -0.920. The molecule has 5 unspecified atom stereocenters. The van der Waals surface area contributed by atoms with E-state index in [0.29, 0.717) is 5.92 Å². The van der Waals surface area contributed by atoms with Crippen LogP contribution in [0, 0.1) is 11.8 Å². The van der Waals surface area contributed by atoms with Crippen LogP contribution in [0.4, 0.5) is 0 Å². The molecule has 5 atom stereocenters. The lowest BCUT2D eigenvalue weighted by atomic mass is 9.56. The van der Waals surface area contributed by atoms with Crippen molar-refractivity contribution in [1.29, 1.82) is 0 Å². The van der Waals surface area contributed by atoms with Crippen LogP contribution in [0.3, 0.4) is 0 Å². The van der Waals surface area contributed by atoms with E-state index in [2.05, 4.69) is 30.3 Å². The highest BCUT2D eigenvalue weighted by molar-refractivity contribution is 5.29. The Morgan fingerprint density at radius 1 is 1.11 bits per heavy atom. The Morgan fingerprint density at radius 3 is 2.68 bits per heavy atom. The maximum atomic E-state index is 10.6. The van der Waals surface area contributed by atoms with E-state index in [0.717, 1.165) is 31.6 Å². The highest BCUT2D eigenvalue weighted by Crippen LogP contribution is 2.58. The zero-order valence-corrected chi connectivity index (χ0v) is 11.5. The molecule has 2 saturated carbocycles. The quantitative estimate of drug-likeness (QED) is 0.838. The Bertz CT molecular complexity index is 481. The summed E-state index contributed by atoms with van der Waals surface area (Å²) in [6, 6.07) is 10.9. The molecule has 0 amide bonds. The topological polar surface area (TPSA) is 29.5 Å². The van der Waals surface area contributed by atoms with Gasteiger partial charge in [-0.1, -0.05) is 30.3 Å². The van der Waals surface area contributed by atoms with Crippen molar-refractivity contribution in [3.8, 4) is 0 Å². The maximum absolute atomic E-state index is 10.6. The number of hydrogen-bond acceptors (Lipinski definition) is 2. The average Bonchev–Trinajstić information content (AvgIpc) is 2.50. The average molecular weight is 258 g/mol. The standard InChI is InChI=1S/C17H22O2/c1-16(18)14-7-12-8-15(19-16)11-17(9-12,10-14)13-5-3-2-4-6-13/h2-6,12,14-15,18H,7-11H2,1H3. The number of rotatable bonds is 1. The number of hydrogen-bond donors (Lipinski definition) is 1. The molecule has 0 spiro atoms. The van der Waals surface area contributed by atoms with Crippen LogP contribution in [-0.4, -0.2) is 17.0 Å². The van der Waals surface area contributed by atoms with Gasteiger partial charge in [-0.15, -0.1) is 0 Å². The monoisotopic (exact) mass is 258 g/mol. The molecular weight excluding hydrogens is 236 g/mol. The molecule has 4 aliphatic rings. The van der Waals surface area contributed by atoms with Crippen molar-refractivity contribution in [2.45, 2.75) is 56.3 Å². The lowest BCUT2D eigenvalue weighted by Gasteiger charge is -2.48. The van der Waals surface area contributed by atoms with Crippen molar-refractivity contribution >= 4 is 0 Å². The van der Waals surface area contributed by atoms with Gasteiger partial charge in [0, 0.05) is 5.92 Å². The van der Waals surface area contributed by atoms with E-state index in [1.807, 2.05) is 6.92 Å². The van der Waals surface area contributed by atoms with E-state index in [9.17, 15) is 5.11 Å². The van der Waals surface area contributed by atoms with Crippen molar-refractivity contribution in [2.75, 3.05) is 0 Å². The second-order valence-corrected chi connectivity index (χ2v) is 7.09. The molecule has 2 heterocycles. The van der Waals surface area contributed by atoms with Gasteiger partial charge in [-0.3, -0.25) is 0 Å². The summed E-state index contributed by atoms with van der Waals surface area (Å²) in [5, 5.41) is 10.6. The number of aliphatic hydroxyl groups is 1. The molecule has 2 nitrogen and oxygen atoms in total.